The van der Waals surface area contributed by atoms with Gasteiger partial charge in [-0.3, -0.25) is 4.90 Å². The fraction of sp³-hybridized carbons (Fsp3) is 0.450. The van der Waals surface area contributed by atoms with Gasteiger partial charge >= 0.3 is 0 Å². The van der Waals surface area contributed by atoms with E-state index in [-0.39, 0.29) is 6.04 Å². The number of hydrogen-bond donors (Lipinski definition) is 0. The quantitative estimate of drug-likeness (QED) is 0.676. The molecule has 8 heteroatoms. The van der Waals surface area contributed by atoms with Gasteiger partial charge in [0.05, 0.1) is 44.8 Å². The van der Waals surface area contributed by atoms with Crippen molar-refractivity contribution in [3.63, 3.8) is 0 Å². The molecular formula is C20H24N6O2. The summed E-state index contributed by atoms with van der Waals surface area (Å²) in [5, 5.41) is 13.3. The Morgan fingerprint density at radius 3 is 2.75 bits per heavy atom. The molecule has 0 radical (unpaired) electrons. The molecule has 0 bridgehead atoms. The lowest BCUT2D eigenvalue weighted by Gasteiger charge is -2.27. The highest BCUT2D eigenvalue weighted by Crippen LogP contribution is 2.29. The maximum absolute atomic E-state index is 5.78. The molecule has 0 unspecified atom stereocenters. The lowest BCUT2D eigenvalue weighted by Crippen LogP contribution is -2.39. The molecule has 2 aliphatic heterocycles. The van der Waals surface area contributed by atoms with Crippen molar-refractivity contribution in [1.82, 2.24) is 29.7 Å². The van der Waals surface area contributed by atoms with Gasteiger partial charge < -0.3 is 9.47 Å². The molecule has 2 aliphatic rings. The molecule has 3 aromatic rings. The Labute approximate surface area is 163 Å². The van der Waals surface area contributed by atoms with Crippen molar-refractivity contribution in [2.24, 2.45) is 0 Å². The summed E-state index contributed by atoms with van der Waals surface area (Å²) in [6.07, 6.45) is 8.31. The topological polar surface area (TPSA) is 70.2 Å². The van der Waals surface area contributed by atoms with Crippen LogP contribution in [-0.4, -0.2) is 69.1 Å². The highest BCUT2D eigenvalue weighted by atomic mass is 16.5. The van der Waals surface area contributed by atoms with E-state index in [1.807, 2.05) is 47.5 Å². The molecule has 5 rings (SSSR count). The van der Waals surface area contributed by atoms with Crippen LogP contribution in [-0.2, 0) is 4.74 Å². The summed E-state index contributed by atoms with van der Waals surface area (Å²) in [5.41, 5.74) is 2.63. The molecule has 146 valence electrons. The van der Waals surface area contributed by atoms with Crippen LogP contribution in [0.5, 0.6) is 5.75 Å². The molecule has 0 aliphatic carbocycles. The van der Waals surface area contributed by atoms with E-state index in [1.54, 1.807) is 11.8 Å². The van der Waals surface area contributed by atoms with Crippen molar-refractivity contribution in [1.29, 1.82) is 0 Å². The normalized spacial score (nSPS) is 22.8. The van der Waals surface area contributed by atoms with Crippen LogP contribution in [0.4, 0.5) is 0 Å². The average Bonchev–Trinajstić information content (AvgIpc) is 3.53. The number of rotatable bonds is 5. The van der Waals surface area contributed by atoms with E-state index in [0.717, 1.165) is 42.4 Å². The molecule has 0 saturated carbocycles. The third-order valence-corrected chi connectivity index (χ3v) is 5.69. The molecular weight excluding hydrogens is 356 g/mol. The van der Waals surface area contributed by atoms with Crippen LogP contribution in [0.3, 0.4) is 0 Å². The van der Waals surface area contributed by atoms with Gasteiger partial charge in [0.15, 0.2) is 0 Å². The number of benzene rings is 1. The molecule has 0 amide bonds. The fourth-order valence-corrected chi connectivity index (χ4v) is 4.18. The smallest absolute Gasteiger partial charge is 0.144 e. The SMILES string of the molecule is COc1ccccc1-n1cc(-c2cn([C@H]3COC[C@@H]3N3CCCC3)nn2)cn1. The Hall–Kier alpha value is -2.71. The standard InChI is InChI=1S/C20H24N6O2/c1-27-20-7-3-2-6-17(20)25-11-15(10-21-25)16-12-26(23-22-16)19-14-28-13-18(19)24-8-4-5-9-24/h2-3,6-7,10-12,18-19H,4-5,8-9,13-14H2,1H3/t18-,19-/m0/s1. The molecule has 1 aromatic carbocycles. The molecule has 2 aromatic heterocycles. The first kappa shape index (κ1) is 17.4. The van der Waals surface area contributed by atoms with Crippen LogP contribution < -0.4 is 4.74 Å². The van der Waals surface area contributed by atoms with Crippen molar-refractivity contribution in [2.75, 3.05) is 33.4 Å². The highest BCUT2D eigenvalue weighted by Gasteiger charge is 2.36. The van der Waals surface area contributed by atoms with E-state index in [0.29, 0.717) is 12.6 Å². The van der Waals surface area contributed by atoms with Crippen molar-refractivity contribution < 1.29 is 9.47 Å². The summed E-state index contributed by atoms with van der Waals surface area (Å²) in [7, 11) is 1.66. The van der Waals surface area contributed by atoms with Gasteiger partial charge in [-0.25, -0.2) is 9.36 Å². The summed E-state index contributed by atoms with van der Waals surface area (Å²) in [6, 6.07) is 8.40. The number of likely N-dealkylation sites (tertiary alicyclic amines) is 1. The monoisotopic (exact) mass is 380 g/mol. The zero-order valence-corrected chi connectivity index (χ0v) is 15.9. The van der Waals surface area contributed by atoms with Gasteiger partial charge in [0.1, 0.15) is 17.1 Å². The number of para-hydroxylation sites is 2. The van der Waals surface area contributed by atoms with Gasteiger partial charge in [-0.15, -0.1) is 5.10 Å². The van der Waals surface area contributed by atoms with Crippen LogP contribution in [0.15, 0.2) is 42.9 Å². The Bertz CT molecular complexity index is 946. The molecule has 0 spiro atoms. The van der Waals surface area contributed by atoms with Crippen LogP contribution in [0.25, 0.3) is 16.9 Å². The summed E-state index contributed by atoms with van der Waals surface area (Å²) < 4.78 is 15.0. The van der Waals surface area contributed by atoms with Crippen molar-refractivity contribution in [3.05, 3.63) is 42.9 Å². The van der Waals surface area contributed by atoms with Crippen LogP contribution in [0.1, 0.15) is 18.9 Å². The second kappa shape index (κ2) is 7.37. The van der Waals surface area contributed by atoms with E-state index < -0.39 is 0 Å². The lowest BCUT2D eigenvalue weighted by molar-refractivity contribution is 0.158. The van der Waals surface area contributed by atoms with Crippen molar-refractivity contribution in [2.45, 2.75) is 24.9 Å². The fourth-order valence-electron chi connectivity index (χ4n) is 4.18. The lowest BCUT2D eigenvalue weighted by atomic mass is 10.1. The second-order valence-electron chi connectivity index (χ2n) is 7.34. The number of nitrogens with zero attached hydrogens (tertiary/aromatic N) is 6. The first-order chi connectivity index (χ1) is 13.8. The van der Waals surface area contributed by atoms with E-state index in [1.165, 1.54) is 12.8 Å². The molecule has 4 heterocycles. The maximum atomic E-state index is 5.78. The first-order valence-corrected chi connectivity index (χ1v) is 9.75. The Morgan fingerprint density at radius 1 is 1.07 bits per heavy atom. The van der Waals surface area contributed by atoms with Gasteiger partial charge in [0, 0.05) is 11.8 Å². The first-order valence-electron chi connectivity index (χ1n) is 9.75. The highest BCUT2D eigenvalue weighted by molar-refractivity contribution is 5.57. The minimum Gasteiger partial charge on any atom is -0.494 e. The Morgan fingerprint density at radius 2 is 1.89 bits per heavy atom. The largest absolute Gasteiger partial charge is 0.494 e. The third-order valence-electron chi connectivity index (χ3n) is 5.69. The van der Waals surface area contributed by atoms with Gasteiger partial charge in [-0.1, -0.05) is 17.3 Å². The molecule has 8 nitrogen and oxygen atoms in total. The third kappa shape index (κ3) is 3.08. The van der Waals surface area contributed by atoms with Crippen LogP contribution in [0, 0.1) is 0 Å². The summed E-state index contributed by atoms with van der Waals surface area (Å²) >= 11 is 0. The number of hydrogen-bond acceptors (Lipinski definition) is 6. The van der Waals surface area contributed by atoms with E-state index in [9.17, 15) is 0 Å². The zero-order valence-electron chi connectivity index (χ0n) is 15.9. The summed E-state index contributed by atoms with van der Waals surface area (Å²) in [5.74, 6) is 0.775. The van der Waals surface area contributed by atoms with Crippen LogP contribution >= 0.6 is 0 Å². The van der Waals surface area contributed by atoms with Gasteiger partial charge in [-0.05, 0) is 38.1 Å². The van der Waals surface area contributed by atoms with Crippen LogP contribution in [0.2, 0.25) is 0 Å². The molecule has 2 fully saturated rings. The van der Waals surface area contributed by atoms with E-state index in [4.69, 9.17) is 9.47 Å². The predicted molar refractivity (Wildman–Crippen MR) is 104 cm³/mol. The summed E-state index contributed by atoms with van der Waals surface area (Å²) in [4.78, 5) is 2.53. The Kier molecular flexibility index (Phi) is 4.58. The van der Waals surface area contributed by atoms with Gasteiger partial charge in [0.2, 0.25) is 0 Å². The van der Waals surface area contributed by atoms with E-state index >= 15 is 0 Å². The second-order valence-corrected chi connectivity index (χ2v) is 7.34. The zero-order chi connectivity index (χ0) is 18.9. The van der Waals surface area contributed by atoms with Crippen molar-refractivity contribution >= 4 is 0 Å². The number of methoxy groups -OCH3 is 1. The number of aromatic nitrogens is 5. The average molecular weight is 380 g/mol. The number of ether oxygens (including phenoxy) is 2. The predicted octanol–water partition coefficient (Wildman–Crippen LogP) is 2.18. The maximum Gasteiger partial charge on any atom is 0.144 e. The summed E-state index contributed by atoms with van der Waals surface area (Å²) in [6.45, 7) is 3.76. The molecule has 2 saturated heterocycles. The van der Waals surface area contributed by atoms with E-state index in [2.05, 4.69) is 20.3 Å². The minimum atomic E-state index is 0.212. The van der Waals surface area contributed by atoms with Gasteiger partial charge in [0.25, 0.3) is 0 Å². The Balaban J connectivity index is 1.39. The minimum absolute atomic E-state index is 0.212. The molecule has 0 N–H and O–H groups in total. The molecule has 2 atom stereocenters. The molecule has 28 heavy (non-hydrogen) atoms. The van der Waals surface area contributed by atoms with Crippen molar-refractivity contribution in [3.8, 4) is 22.7 Å². The van der Waals surface area contributed by atoms with Gasteiger partial charge in [-0.2, -0.15) is 5.10 Å².